The van der Waals surface area contributed by atoms with Gasteiger partial charge in [-0.2, -0.15) is 0 Å². The molecular weight excluding hydrogens is 316 g/mol. The first-order valence-electron chi connectivity index (χ1n) is 8.29. The number of anilines is 1. The van der Waals surface area contributed by atoms with Crippen molar-refractivity contribution in [3.63, 3.8) is 0 Å². The summed E-state index contributed by atoms with van der Waals surface area (Å²) in [6.07, 6.45) is 0.683. The SMILES string of the molecule is Cc1ccc(NC(=O)CCCN2C(=O)c3ccc(C)cc3C2=O)cc1. The molecule has 25 heavy (non-hydrogen) atoms. The molecule has 5 nitrogen and oxygen atoms in total. The summed E-state index contributed by atoms with van der Waals surface area (Å²) in [5, 5.41) is 2.81. The van der Waals surface area contributed by atoms with Gasteiger partial charge in [0.15, 0.2) is 0 Å². The van der Waals surface area contributed by atoms with Gasteiger partial charge in [-0.15, -0.1) is 0 Å². The summed E-state index contributed by atoms with van der Waals surface area (Å²) in [4.78, 5) is 37.9. The van der Waals surface area contributed by atoms with Gasteiger partial charge in [0, 0.05) is 18.7 Å². The average Bonchev–Trinajstić information content (AvgIpc) is 2.81. The molecule has 0 saturated carbocycles. The normalized spacial score (nSPS) is 13.1. The topological polar surface area (TPSA) is 66.5 Å². The number of rotatable bonds is 5. The highest BCUT2D eigenvalue weighted by Crippen LogP contribution is 2.24. The molecule has 0 aliphatic carbocycles. The number of carbonyl (C=O) groups is 3. The molecule has 0 radical (unpaired) electrons. The van der Waals surface area contributed by atoms with Crippen LogP contribution in [0.15, 0.2) is 42.5 Å². The van der Waals surface area contributed by atoms with E-state index in [9.17, 15) is 14.4 Å². The van der Waals surface area contributed by atoms with Crippen LogP contribution in [0, 0.1) is 13.8 Å². The lowest BCUT2D eigenvalue weighted by Gasteiger charge is -2.13. The fourth-order valence-electron chi connectivity index (χ4n) is 2.87. The van der Waals surface area contributed by atoms with Gasteiger partial charge in [0.25, 0.3) is 11.8 Å². The van der Waals surface area contributed by atoms with Crippen molar-refractivity contribution in [1.29, 1.82) is 0 Å². The van der Waals surface area contributed by atoms with E-state index in [2.05, 4.69) is 5.32 Å². The summed E-state index contributed by atoms with van der Waals surface area (Å²) in [5.41, 5.74) is 3.71. The zero-order valence-electron chi connectivity index (χ0n) is 14.3. The second-order valence-corrected chi connectivity index (χ2v) is 6.33. The first-order chi connectivity index (χ1) is 12.0. The third-order valence-electron chi connectivity index (χ3n) is 4.25. The predicted octanol–water partition coefficient (Wildman–Crippen LogP) is 3.32. The number of hydrogen-bond acceptors (Lipinski definition) is 3. The average molecular weight is 336 g/mol. The maximum absolute atomic E-state index is 12.4. The second kappa shape index (κ2) is 6.89. The van der Waals surface area contributed by atoms with E-state index in [-0.39, 0.29) is 30.7 Å². The van der Waals surface area contributed by atoms with Crippen molar-refractivity contribution >= 4 is 23.4 Å². The molecular formula is C20H20N2O3. The van der Waals surface area contributed by atoms with Gasteiger partial charge in [-0.25, -0.2) is 0 Å². The van der Waals surface area contributed by atoms with Crippen LogP contribution in [-0.2, 0) is 4.79 Å². The van der Waals surface area contributed by atoms with Gasteiger partial charge in [0.1, 0.15) is 0 Å². The molecule has 0 saturated heterocycles. The minimum absolute atomic E-state index is 0.128. The van der Waals surface area contributed by atoms with Crippen LogP contribution >= 0.6 is 0 Å². The Morgan fingerprint density at radius 3 is 2.28 bits per heavy atom. The molecule has 1 aliphatic heterocycles. The fourth-order valence-corrected chi connectivity index (χ4v) is 2.87. The quantitative estimate of drug-likeness (QED) is 0.852. The highest BCUT2D eigenvalue weighted by molar-refractivity contribution is 6.21. The Bertz CT molecular complexity index is 841. The zero-order valence-corrected chi connectivity index (χ0v) is 14.3. The van der Waals surface area contributed by atoms with Gasteiger partial charge in [0.05, 0.1) is 11.1 Å². The Hall–Kier alpha value is -2.95. The van der Waals surface area contributed by atoms with E-state index in [0.717, 1.165) is 16.8 Å². The Morgan fingerprint density at radius 2 is 1.56 bits per heavy atom. The van der Waals surface area contributed by atoms with Gasteiger partial charge in [0.2, 0.25) is 5.91 Å². The maximum atomic E-state index is 12.4. The van der Waals surface area contributed by atoms with Crippen molar-refractivity contribution in [1.82, 2.24) is 4.90 Å². The van der Waals surface area contributed by atoms with Gasteiger partial charge < -0.3 is 5.32 Å². The minimum Gasteiger partial charge on any atom is -0.326 e. The van der Waals surface area contributed by atoms with Crippen LogP contribution in [-0.4, -0.2) is 29.2 Å². The number of carbonyl (C=O) groups excluding carboxylic acids is 3. The number of hydrogen-bond donors (Lipinski definition) is 1. The maximum Gasteiger partial charge on any atom is 0.261 e. The third kappa shape index (κ3) is 3.60. The molecule has 2 aromatic rings. The minimum atomic E-state index is -0.279. The fraction of sp³-hybridized carbons (Fsp3) is 0.250. The lowest BCUT2D eigenvalue weighted by atomic mass is 10.1. The van der Waals surface area contributed by atoms with Crippen LogP contribution in [0.4, 0.5) is 5.69 Å². The van der Waals surface area contributed by atoms with Crippen LogP contribution in [0.3, 0.4) is 0 Å². The number of nitrogens with one attached hydrogen (secondary N) is 1. The van der Waals surface area contributed by atoms with E-state index >= 15 is 0 Å². The predicted molar refractivity (Wildman–Crippen MR) is 95.6 cm³/mol. The summed E-state index contributed by atoms with van der Waals surface area (Å²) >= 11 is 0. The van der Waals surface area contributed by atoms with Gasteiger partial charge >= 0.3 is 0 Å². The van der Waals surface area contributed by atoms with E-state index < -0.39 is 0 Å². The van der Waals surface area contributed by atoms with Crippen molar-refractivity contribution in [3.05, 3.63) is 64.7 Å². The smallest absolute Gasteiger partial charge is 0.261 e. The molecule has 3 rings (SSSR count). The Kier molecular flexibility index (Phi) is 4.65. The molecule has 128 valence electrons. The highest BCUT2D eigenvalue weighted by Gasteiger charge is 2.34. The molecule has 0 bridgehead atoms. The first-order valence-corrected chi connectivity index (χ1v) is 8.29. The molecule has 1 aliphatic rings. The molecule has 5 heteroatoms. The van der Waals surface area contributed by atoms with Gasteiger partial charge in [-0.1, -0.05) is 29.3 Å². The lowest BCUT2D eigenvalue weighted by Crippen LogP contribution is -2.31. The Balaban J connectivity index is 1.54. The first kappa shape index (κ1) is 16.9. The largest absolute Gasteiger partial charge is 0.326 e. The number of nitrogens with zero attached hydrogens (tertiary/aromatic N) is 1. The number of imide groups is 1. The van der Waals surface area contributed by atoms with Crippen LogP contribution in [0.2, 0.25) is 0 Å². The number of fused-ring (bicyclic) bond motifs is 1. The van der Waals surface area contributed by atoms with Crippen LogP contribution < -0.4 is 5.32 Å². The molecule has 2 aromatic carbocycles. The molecule has 0 unspecified atom stereocenters. The van der Waals surface area contributed by atoms with E-state index in [0.29, 0.717) is 17.5 Å². The monoisotopic (exact) mass is 336 g/mol. The molecule has 0 atom stereocenters. The summed E-state index contributed by atoms with van der Waals surface area (Å²) in [5.74, 6) is -0.683. The van der Waals surface area contributed by atoms with Gasteiger partial charge in [-0.05, 0) is 44.5 Å². The van der Waals surface area contributed by atoms with E-state index in [1.165, 1.54) is 4.90 Å². The van der Waals surface area contributed by atoms with Gasteiger partial charge in [-0.3, -0.25) is 19.3 Å². The van der Waals surface area contributed by atoms with Crippen molar-refractivity contribution in [2.45, 2.75) is 26.7 Å². The van der Waals surface area contributed by atoms with Crippen molar-refractivity contribution in [2.75, 3.05) is 11.9 Å². The molecule has 0 spiro atoms. The molecule has 0 fully saturated rings. The summed E-state index contributed by atoms with van der Waals surface area (Å²) in [7, 11) is 0. The molecule has 0 aromatic heterocycles. The molecule has 1 heterocycles. The van der Waals surface area contributed by atoms with E-state index in [1.807, 2.05) is 44.2 Å². The zero-order chi connectivity index (χ0) is 18.0. The van der Waals surface area contributed by atoms with Crippen LogP contribution in [0.1, 0.15) is 44.7 Å². The Labute approximate surface area is 146 Å². The lowest BCUT2D eigenvalue weighted by molar-refractivity contribution is -0.116. The second-order valence-electron chi connectivity index (χ2n) is 6.33. The Morgan fingerprint density at radius 1 is 0.920 bits per heavy atom. The number of amides is 3. The summed E-state index contributed by atoms with van der Waals surface area (Å²) in [6.45, 7) is 4.11. The molecule has 3 amide bonds. The summed E-state index contributed by atoms with van der Waals surface area (Å²) < 4.78 is 0. The summed E-state index contributed by atoms with van der Waals surface area (Å²) in [6, 6.07) is 12.8. The molecule has 1 N–H and O–H groups in total. The van der Waals surface area contributed by atoms with Crippen molar-refractivity contribution in [2.24, 2.45) is 0 Å². The standard InChI is InChI=1S/C20H20N2O3/c1-13-5-8-15(9-6-13)21-18(23)4-3-11-22-19(24)16-10-7-14(2)12-17(16)20(22)25/h5-10,12H,3-4,11H2,1-2H3,(H,21,23). The van der Waals surface area contributed by atoms with E-state index in [4.69, 9.17) is 0 Å². The van der Waals surface area contributed by atoms with Crippen molar-refractivity contribution in [3.8, 4) is 0 Å². The number of aryl methyl sites for hydroxylation is 2. The van der Waals surface area contributed by atoms with Crippen LogP contribution in [0.5, 0.6) is 0 Å². The van der Waals surface area contributed by atoms with Crippen molar-refractivity contribution < 1.29 is 14.4 Å². The highest BCUT2D eigenvalue weighted by atomic mass is 16.2. The number of benzene rings is 2. The third-order valence-corrected chi connectivity index (χ3v) is 4.25. The van der Waals surface area contributed by atoms with E-state index in [1.54, 1.807) is 12.1 Å². The van der Waals surface area contributed by atoms with Crippen LogP contribution in [0.25, 0.3) is 0 Å².